The van der Waals surface area contributed by atoms with Crippen molar-refractivity contribution in [2.75, 3.05) is 45.9 Å². The molecule has 3 heterocycles. The van der Waals surface area contributed by atoms with Crippen molar-refractivity contribution in [1.82, 2.24) is 15.1 Å². The summed E-state index contributed by atoms with van der Waals surface area (Å²) in [5, 5.41) is 5.12. The second kappa shape index (κ2) is 9.67. The Kier molecular flexibility index (Phi) is 7.28. The van der Waals surface area contributed by atoms with E-state index in [1.807, 2.05) is 18.4 Å². The van der Waals surface area contributed by atoms with Gasteiger partial charge in [-0.3, -0.25) is 14.6 Å². The lowest BCUT2D eigenvalue weighted by Crippen LogP contribution is -2.48. The van der Waals surface area contributed by atoms with Crippen molar-refractivity contribution in [3.63, 3.8) is 0 Å². The zero-order chi connectivity index (χ0) is 17.5. The Morgan fingerprint density at radius 1 is 1.32 bits per heavy atom. The first-order valence-corrected chi connectivity index (χ1v) is 10.4. The number of carbonyl (C=O) groups excluding carboxylic acids is 1. The van der Waals surface area contributed by atoms with E-state index in [-0.39, 0.29) is 11.9 Å². The summed E-state index contributed by atoms with van der Waals surface area (Å²) in [6, 6.07) is 4.06. The molecule has 0 radical (unpaired) electrons. The molecule has 0 saturated carbocycles. The van der Waals surface area contributed by atoms with Gasteiger partial charge in [0, 0.05) is 18.0 Å². The normalized spacial score (nSPS) is 22.0. The summed E-state index contributed by atoms with van der Waals surface area (Å²) in [7, 11) is 0. The highest BCUT2D eigenvalue weighted by atomic mass is 32.1. The third kappa shape index (κ3) is 5.78. The average Bonchev–Trinajstić information content (AvgIpc) is 3.19. The zero-order valence-corrected chi connectivity index (χ0v) is 16.1. The van der Waals surface area contributed by atoms with Crippen molar-refractivity contribution < 1.29 is 9.53 Å². The van der Waals surface area contributed by atoms with Crippen LogP contribution in [0.3, 0.4) is 0 Å². The molecule has 1 N–H and O–H groups in total. The van der Waals surface area contributed by atoms with Gasteiger partial charge in [-0.2, -0.15) is 0 Å². The van der Waals surface area contributed by atoms with Crippen LogP contribution < -0.4 is 5.32 Å². The second-order valence-corrected chi connectivity index (χ2v) is 8.23. The largest absolute Gasteiger partial charge is 0.379 e. The van der Waals surface area contributed by atoms with E-state index in [1.165, 1.54) is 30.7 Å². The molecule has 1 atom stereocenters. The van der Waals surface area contributed by atoms with Crippen LogP contribution in [0, 0.1) is 5.92 Å². The second-order valence-electron chi connectivity index (χ2n) is 7.20. The van der Waals surface area contributed by atoms with E-state index in [9.17, 15) is 4.79 Å². The van der Waals surface area contributed by atoms with E-state index in [2.05, 4.69) is 21.2 Å². The highest BCUT2D eigenvalue weighted by Gasteiger charge is 2.26. The first-order chi connectivity index (χ1) is 12.2. The van der Waals surface area contributed by atoms with Gasteiger partial charge in [0.25, 0.3) is 0 Å². The molecule has 140 valence electrons. The Bertz CT molecular complexity index is 509. The Hall–Kier alpha value is -0.950. The van der Waals surface area contributed by atoms with E-state index >= 15 is 0 Å². The van der Waals surface area contributed by atoms with Gasteiger partial charge in [-0.05, 0) is 63.2 Å². The van der Waals surface area contributed by atoms with E-state index in [0.29, 0.717) is 6.54 Å². The highest BCUT2D eigenvalue weighted by molar-refractivity contribution is 7.09. The molecule has 2 aliphatic rings. The molecule has 1 unspecified atom stereocenters. The summed E-state index contributed by atoms with van der Waals surface area (Å²) in [5.41, 5.74) is 0. The monoisotopic (exact) mass is 365 g/mol. The number of hydrogen-bond acceptors (Lipinski definition) is 5. The molecule has 25 heavy (non-hydrogen) atoms. The number of thiophene rings is 1. The molecule has 6 heteroatoms. The third-order valence-corrected chi connectivity index (χ3v) is 6.43. The fraction of sp³-hybridized carbons (Fsp3) is 0.737. The minimum Gasteiger partial charge on any atom is -0.379 e. The molecule has 1 aromatic heterocycles. The van der Waals surface area contributed by atoms with E-state index in [1.54, 1.807) is 11.3 Å². The Morgan fingerprint density at radius 2 is 2.08 bits per heavy atom. The van der Waals surface area contributed by atoms with Crippen LogP contribution in [0.4, 0.5) is 0 Å². The number of morpholine rings is 1. The van der Waals surface area contributed by atoms with Gasteiger partial charge < -0.3 is 10.1 Å². The third-order valence-electron chi connectivity index (χ3n) is 5.55. The molecule has 0 aliphatic carbocycles. The molecular formula is C19H31N3O2S. The minimum absolute atomic E-state index is 0.0276. The van der Waals surface area contributed by atoms with Crippen molar-refractivity contribution >= 4 is 17.2 Å². The van der Waals surface area contributed by atoms with Crippen molar-refractivity contribution in [1.29, 1.82) is 0 Å². The first kappa shape index (κ1) is 18.8. The Labute approximate surface area is 155 Å². The number of rotatable bonds is 7. The van der Waals surface area contributed by atoms with Crippen LogP contribution in [0.15, 0.2) is 17.5 Å². The van der Waals surface area contributed by atoms with Crippen molar-refractivity contribution in [3.8, 4) is 0 Å². The van der Waals surface area contributed by atoms with Crippen LogP contribution in [0.5, 0.6) is 0 Å². The quantitative estimate of drug-likeness (QED) is 0.804. The molecule has 0 aromatic carbocycles. The SMILES string of the molecule is CC(C(=O)NCc1cccs1)N1CCC(CCN2CCOCC2)CC1. The summed E-state index contributed by atoms with van der Waals surface area (Å²) in [6.07, 6.45) is 3.71. The molecule has 1 aromatic rings. The fourth-order valence-corrected chi connectivity index (χ4v) is 4.36. The van der Waals surface area contributed by atoms with Crippen molar-refractivity contribution in [2.45, 2.75) is 38.8 Å². The standard InChI is InChI=1S/C19H31N3O2S/c1-16(19(23)20-15-18-3-2-14-25-18)22-8-5-17(6-9-22)4-7-21-10-12-24-13-11-21/h2-3,14,16-17H,4-13,15H2,1H3,(H,20,23). The molecular weight excluding hydrogens is 334 g/mol. The predicted octanol–water partition coefficient (Wildman–Crippen LogP) is 2.19. The van der Waals surface area contributed by atoms with Gasteiger partial charge >= 0.3 is 0 Å². The minimum atomic E-state index is -0.0276. The van der Waals surface area contributed by atoms with Crippen LogP contribution in [-0.4, -0.2) is 67.7 Å². The number of nitrogens with zero attached hydrogens (tertiary/aromatic N) is 2. The number of likely N-dealkylation sites (tertiary alicyclic amines) is 1. The summed E-state index contributed by atoms with van der Waals surface area (Å²) < 4.78 is 5.41. The number of amides is 1. The zero-order valence-electron chi connectivity index (χ0n) is 15.3. The smallest absolute Gasteiger partial charge is 0.237 e. The van der Waals surface area contributed by atoms with Crippen LogP contribution in [0.25, 0.3) is 0 Å². The van der Waals surface area contributed by atoms with Gasteiger partial charge in [-0.25, -0.2) is 0 Å². The van der Waals surface area contributed by atoms with E-state index < -0.39 is 0 Å². The summed E-state index contributed by atoms with van der Waals surface area (Å²) in [4.78, 5) is 18.5. The van der Waals surface area contributed by atoms with Crippen molar-refractivity contribution in [3.05, 3.63) is 22.4 Å². The molecule has 2 aliphatic heterocycles. The van der Waals surface area contributed by atoms with Gasteiger partial charge in [0.2, 0.25) is 5.91 Å². The fourth-order valence-electron chi connectivity index (χ4n) is 3.72. The molecule has 2 fully saturated rings. The maximum absolute atomic E-state index is 12.4. The van der Waals surface area contributed by atoms with Crippen molar-refractivity contribution in [2.24, 2.45) is 5.92 Å². The summed E-state index contributed by atoms with van der Waals surface area (Å²) in [5.74, 6) is 0.959. The number of nitrogens with one attached hydrogen (secondary N) is 1. The molecule has 1 amide bonds. The van der Waals surface area contributed by atoms with Crippen LogP contribution in [0.2, 0.25) is 0 Å². The molecule has 2 saturated heterocycles. The number of carbonyl (C=O) groups is 1. The van der Waals surface area contributed by atoms with Crippen LogP contribution in [-0.2, 0) is 16.1 Å². The molecule has 0 bridgehead atoms. The van der Waals surface area contributed by atoms with E-state index in [4.69, 9.17) is 4.74 Å². The summed E-state index contributed by atoms with van der Waals surface area (Å²) >= 11 is 1.69. The topological polar surface area (TPSA) is 44.8 Å². The Morgan fingerprint density at radius 3 is 2.76 bits per heavy atom. The predicted molar refractivity (Wildman–Crippen MR) is 102 cm³/mol. The molecule has 3 rings (SSSR count). The lowest BCUT2D eigenvalue weighted by atomic mass is 9.92. The van der Waals surface area contributed by atoms with Gasteiger partial charge in [0.05, 0.1) is 25.8 Å². The number of hydrogen-bond donors (Lipinski definition) is 1. The maximum atomic E-state index is 12.4. The molecule has 5 nitrogen and oxygen atoms in total. The van der Waals surface area contributed by atoms with Gasteiger partial charge in [0.15, 0.2) is 0 Å². The van der Waals surface area contributed by atoms with Crippen LogP contribution in [0.1, 0.15) is 31.1 Å². The lowest BCUT2D eigenvalue weighted by Gasteiger charge is -2.36. The summed E-state index contributed by atoms with van der Waals surface area (Å²) in [6.45, 7) is 9.91. The van der Waals surface area contributed by atoms with Crippen LogP contribution >= 0.6 is 11.3 Å². The van der Waals surface area contributed by atoms with Gasteiger partial charge in [0.1, 0.15) is 0 Å². The lowest BCUT2D eigenvalue weighted by molar-refractivity contribution is -0.126. The molecule has 0 spiro atoms. The van der Waals surface area contributed by atoms with E-state index in [0.717, 1.165) is 45.3 Å². The average molecular weight is 366 g/mol. The first-order valence-electron chi connectivity index (χ1n) is 9.56. The Balaban J connectivity index is 1.33. The maximum Gasteiger partial charge on any atom is 0.237 e. The van der Waals surface area contributed by atoms with Gasteiger partial charge in [-0.15, -0.1) is 11.3 Å². The van der Waals surface area contributed by atoms with Gasteiger partial charge in [-0.1, -0.05) is 6.07 Å². The highest BCUT2D eigenvalue weighted by Crippen LogP contribution is 2.22. The number of ether oxygens (including phenoxy) is 1. The number of piperidine rings is 1.